The zero-order valence-electron chi connectivity index (χ0n) is 16.0. The van der Waals surface area contributed by atoms with Crippen molar-refractivity contribution in [3.05, 3.63) is 68.4 Å². The standard InChI is InChI=1S/C21H20Cl2N2O3S/c1-13(19(26)14-5-3-6-15(22)11-14)29-21-24-18-12-16(23)7-8-17(18)20(27)25(21)9-4-10-28-2/h3,5-8,11-13H,4,9-10H2,1-2H3. The lowest BCUT2D eigenvalue weighted by molar-refractivity contribution is 0.0994. The smallest absolute Gasteiger partial charge is 0.262 e. The van der Waals surface area contributed by atoms with E-state index in [0.29, 0.717) is 51.2 Å². The van der Waals surface area contributed by atoms with Gasteiger partial charge < -0.3 is 4.74 Å². The number of methoxy groups -OCH3 is 1. The van der Waals surface area contributed by atoms with E-state index >= 15 is 0 Å². The highest BCUT2D eigenvalue weighted by molar-refractivity contribution is 8.00. The van der Waals surface area contributed by atoms with E-state index < -0.39 is 5.25 Å². The molecule has 0 aliphatic heterocycles. The van der Waals surface area contributed by atoms with E-state index in [1.54, 1.807) is 61.1 Å². The molecule has 152 valence electrons. The van der Waals surface area contributed by atoms with Gasteiger partial charge in [-0.25, -0.2) is 4.98 Å². The number of nitrogens with zero attached hydrogens (tertiary/aromatic N) is 2. The Balaban J connectivity index is 1.98. The van der Waals surface area contributed by atoms with Crippen molar-refractivity contribution in [2.45, 2.75) is 30.3 Å². The van der Waals surface area contributed by atoms with Gasteiger partial charge in [-0.3, -0.25) is 14.2 Å². The number of benzene rings is 2. The first-order valence-corrected chi connectivity index (χ1v) is 10.7. The monoisotopic (exact) mass is 450 g/mol. The van der Waals surface area contributed by atoms with Gasteiger partial charge in [0, 0.05) is 35.9 Å². The van der Waals surface area contributed by atoms with Crippen LogP contribution >= 0.6 is 35.0 Å². The van der Waals surface area contributed by atoms with Crippen molar-refractivity contribution in [2.24, 2.45) is 0 Å². The molecule has 2 aromatic carbocycles. The fraction of sp³-hybridized carbons (Fsp3) is 0.286. The van der Waals surface area contributed by atoms with Crippen molar-refractivity contribution >= 4 is 51.6 Å². The van der Waals surface area contributed by atoms with Crippen LogP contribution in [0.1, 0.15) is 23.7 Å². The first-order valence-electron chi connectivity index (χ1n) is 9.06. The highest BCUT2D eigenvalue weighted by Gasteiger charge is 2.21. The quantitative estimate of drug-likeness (QED) is 0.206. The minimum Gasteiger partial charge on any atom is -0.385 e. The maximum absolute atomic E-state index is 13.0. The zero-order chi connectivity index (χ0) is 21.0. The molecule has 0 N–H and O–H groups in total. The number of thioether (sulfide) groups is 1. The second-order valence-electron chi connectivity index (χ2n) is 6.49. The summed E-state index contributed by atoms with van der Waals surface area (Å²) >= 11 is 13.3. The normalized spacial score (nSPS) is 12.3. The molecule has 1 unspecified atom stereocenters. The number of hydrogen-bond donors (Lipinski definition) is 0. The Kier molecular flexibility index (Phi) is 7.35. The summed E-state index contributed by atoms with van der Waals surface area (Å²) in [6.45, 7) is 2.76. The van der Waals surface area contributed by atoms with Crippen LogP contribution in [0.5, 0.6) is 0 Å². The number of carbonyl (C=O) groups is 1. The third-order valence-electron chi connectivity index (χ3n) is 4.37. The molecule has 0 saturated heterocycles. The van der Waals surface area contributed by atoms with E-state index in [0.717, 1.165) is 0 Å². The molecule has 0 saturated carbocycles. The molecule has 0 aliphatic rings. The number of halogens is 2. The highest BCUT2D eigenvalue weighted by atomic mass is 35.5. The number of ether oxygens (including phenoxy) is 1. The minimum atomic E-state index is -0.453. The topological polar surface area (TPSA) is 61.2 Å². The van der Waals surface area contributed by atoms with Gasteiger partial charge in [0.05, 0.1) is 16.2 Å². The van der Waals surface area contributed by atoms with Crippen LogP contribution in [0.3, 0.4) is 0 Å². The highest BCUT2D eigenvalue weighted by Crippen LogP contribution is 2.26. The second-order valence-corrected chi connectivity index (χ2v) is 8.67. The average Bonchev–Trinajstić information content (AvgIpc) is 2.69. The van der Waals surface area contributed by atoms with Crippen LogP contribution in [-0.4, -0.2) is 34.3 Å². The Labute approximate surface area is 183 Å². The number of ketones is 1. The summed E-state index contributed by atoms with van der Waals surface area (Å²) in [7, 11) is 1.62. The lowest BCUT2D eigenvalue weighted by Crippen LogP contribution is -2.25. The van der Waals surface area contributed by atoms with Crippen molar-refractivity contribution in [1.82, 2.24) is 9.55 Å². The molecule has 3 rings (SSSR count). The van der Waals surface area contributed by atoms with Crippen LogP contribution in [-0.2, 0) is 11.3 Å². The Hall–Kier alpha value is -1.86. The Morgan fingerprint density at radius 3 is 2.69 bits per heavy atom. The van der Waals surface area contributed by atoms with Crippen LogP contribution in [0.4, 0.5) is 0 Å². The molecule has 0 spiro atoms. The molecule has 0 aliphatic carbocycles. The van der Waals surface area contributed by atoms with E-state index in [1.807, 2.05) is 0 Å². The molecule has 29 heavy (non-hydrogen) atoms. The van der Waals surface area contributed by atoms with Crippen molar-refractivity contribution < 1.29 is 9.53 Å². The Morgan fingerprint density at radius 1 is 1.21 bits per heavy atom. The Bertz CT molecular complexity index is 1100. The van der Waals surface area contributed by atoms with Crippen molar-refractivity contribution in [1.29, 1.82) is 0 Å². The largest absolute Gasteiger partial charge is 0.385 e. The van der Waals surface area contributed by atoms with E-state index in [1.165, 1.54) is 11.8 Å². The fourth-order valence-corrected chi connectivity index (χ4v) is 4.28. The molecular weight excluding hydrogens is 431 g/mol. The van der Waals surface area contributed by atoms with Crippen LogP contribution < -0.4 is 5.56 Å². The minimum absolute atomic E-state index is 0.0821. The summed E-state index contributed by atoms with van der Waals surface area (Å²) in [6, 6.07) is 11.8. The van der Waals surface area contributed by atoms with Gasteiger partial charge >= 0.3 is 0 Å². The number of carbonyl (C=O) groups excluding carboxylic acids is 1. The zero-order valence-corrected chi connectivity index (χ0v) is 18.4. The molecule has 1 atom stereocenters. The van der Waals surface area contributed by atoms with E-state index in [4.69, 9.17) is 27.9 Å². The van der Waals surface area contributed by atoms with Crippen molar-refractivity contribution in [2.75, 3.05) is 13.7 Å². The van der Waals surface area contributed by atoms with Crippen LogP contribution in [0, 0.1) is 0 Å². The van der Waals surface area contributed by atoms with Crippen LogP contribution in [0.2, 0.25) is 10.0 Å². The van der Waals surface area contributed by atoms with Gasteiger partial charge in [-0.1, -0.05) is 47.1 Å². The molecule has 0 fully saturated rings. The molecule has 0 radical (unpaired) electrons. The number of hydrogen-bond acceptors (Lipinski definition) is 5. The summed E-state index contributed by atoms with van der Waals surface area (Å²) in [5.41, 5.74) is 0.873. The SMILES string of the molecule is COCCCn1c(SC(C)C(=O)c2cccc(Cl)c2)nc2cc(Cl)ccc2c1=O. The van der Waals surface area contributed by atoms with E-state index in [9.17, 15) is 9.59 Å². The molecular formula is C21H20Cl2N2O3S. The Morgan fingerprint density at radius 2 is 1.97 bits per heavy atom. The summed E-state index contributed by atoms with van der Waals surface area (Å²) < 4.78 is 6.71. The third kappa shape index (κ3) is 5.20. The molecule has 1 heterocycles. The van der Waals surface area contributed by atoms with Gasteiger partial charge in [-0.2, -0.15) is 0 Å². The van der Waals surface area contributed by atoms with Gasteiger partial charge in [0.1, 0.15) is 0 Å². The van der Waals surface area contributed by atoms with Gasteiger partial charge in [-0.05, 0) is 43.7 Å². The number of aromatic nitrogens is 2. The third-order valence-corrected chi connectivity index (χ3v) is 5.93. The van der Waals surface area contributed by atoms with Gasteiger partial charge in [-0.15, -0.1) is 0 Å². The van der Waals surface area contributed by atoms with Crippen molar-refractivity contribution in [3.8, 4) is 0 Å². The lowest BCUT2D eigenvalue weighted by Gasteiger charge is -2.16. The van der Waals surface area contributed by atoms with Crippen molar-refractivity contribution in [3.63, 3.8) is 0 Å². The molecule has 1 aromatic heterocycles. The maximum atomic E-state index is 13.0. The van der Waals surface area contributed by atoms with Gasteiger partial charge in [0.2, 0.25) is 0 Å². The molecule has 8 heteroatoms. The summed E-state index contributed by atoms with van der Waals surface area (Å²) in [6.07, 6.45) is 0.654. The second kappa shape index (κ2) is 9.76. The molecule has 5 nitrogen and oxygen atoms in total. The van der Waals surface area contributed by atoms with Gasteiger partial charge in [0.25, 0.3) is 5.56 Å². The number of Topliss-reactive ketones (excluding diaryl/α,β-unsaturated/α-hetero) is 1. The lowest BCUT2D eigenvalue weighted by atomic mass is 10.1. The van der Waals surface area contributed by atoms with E-state index in [2.05, 4.69) is 4.98 Å². The maximum Gasteiger partial charge on any atom is 0.262 e. The molecule has 0 amide bonds. The summed E-state index contributed by atoms with van der Waals surface area (Å²) in [4.78, 5) is 30.5. The molecule has 3 aromatic rings. The summed E-state index contributed by atoms with van der Waals surface area (Å²) in [5, 5.41) is 1.52. The van der Waals surface area contributed by atoms with E-state index in [-0.39, 0.29) is 11.3 Å². The average molecular weight is 451 g/mol. The number of fused-ring (bicyclic) bond motifs is 1. The number of rotatable bonds is 8. The summed E-state index contributed by atoms with van der Waals surface area (Å²) in [5.74, 6) is -0.0821. The van der Waals surface area contributed by atoms with Crippen LogP contribution in [0.15, 0.2) is 52.4 Å². The first-order chi connectivity index (χ1) is 13.9. The first kappa shape index (κ1) is 21.8. The van der Waals surface area contributed by atoms with Crippen LogP contribution in [0.25, 0.3) is 10.9 Å². The predicted molar refractivity (Wildman–Crippen MR) is 119 cm³/mol. The fourth-order valence-electron chi connectivity index (χ4n) is 2.92. The predicted octanol–water partition coefficient (Wildman–Crippen LogP) is 5.10. The molecule has 0 bridgehead atoms. The van der Waals surface area contributed by atoms with Gasteiger partial charge in [0.15, 0.2) is 10.9 Å².